The predicted molar refractivity (Wildman–Crippen MR) is 101 cm³/mol. The Morgan fingerprint density at radius 3 is 2.81 bits per heavy atom. The Hall–Kier alpha value is -3.19. The first-order chi connectivity index (χ1) is 13.1. The van der Waals surface area contributed by atoms with Crippen molar-refractivity contribution in [1.82, 2.24) is 15.3 Å². The summed E-state index contributed by atoms with van der Waals surface area (Å²) in [5, 5.41) is 6.12. The number of rotatable bonds is 6. The van der Waals surface area contributed by atoms with E-state index in [1.807, 2.05) is 0 Å². The van der Waals surface area contributed by atoms with E-state index in [0.717, 1.165) is 0 Å². The van der Waals surface area contributed by atoms with Crippen molar-refractivity contribution in [2.24, 2.45) is 0 Å². The highest BCUT2D eigenvalue weighted by Gasteiger charge is 2.11. The Kier molecular flexibility index (Phi) is 5.83. The molecule has 0 aliphatic heterocycles. The van der Waals surface area contributed by atoms with Crippen molar-refractivity contribution in [2.75, 3.05) is 12.4 Å². The standard InChI is InChI=1S/C19H16ClFN4O2/c1-27-17-7-6-13(20)10-16(17)25-19-22-9-8-15(24-19)18(26)23-11-12-4-2-3-5-14(12)21/h2-10H,11H2,1H3,(H,23,26)(H,22,24,25). The van der Waals surface area contributed by atoms with E-state index in [1.165, 1.54) is 25.4 Å². The first-order valence-electron chi connectivity index (χ1n) is 8.02. The van der Waals surface area contributed by atoms with Crippen LogP contribution >= 0.6 is 11.6 Å². The molecule has 2 N–H and O–H groups in total. The number of benzene rings is 2. The van der Waals surface area contributed by atoms with E-state index in [4.69, 9.17) is 16.3 Å². The largest absolute Gasteiger partial charge is 0.495 e. The summed E-state index contributed by atoms with van der Waals surface area (Å²) in [5.41, 5.74) is 1.10. The molecule has 1 aromatic heterocycles. The molecule has 138 valence electrons. The van der Waals surface area contributed by atoms with Crippen LogP contribution in [0.15, 0.2) is 54.7 Å². The molecule has 0 unspecified atom stereocenters. The van der Waals surface area contributed by atoms with E-state index in [2.05, 4.69) is 20.6 Å². The van der Waals surface area contributed by atoms with Gasteiger partial charge in [0.05, 0.1) is 12.8 Å². The summed E-state index contributed by atoms with van der Waals surface area (Å²) in [5.74, 6) is -0.0656. The van der Waals surface area contributed by atoms with Crippen molar-refractivity contribution in [3.8, 4) is 5.75 Å². The van der Waals surface area contributed by atoms with Gasteiger partial charge in [-0.3, -0.25) is 4.79 Å². The number of ether oxygens (including phenoxy) is 1. The predicted octanol–water partition coefficient (Wildman–Crippen LogP) is 3.95. The van der Waals surface area contributed by atoms with Crippen molar-refractivity contribution in [3.63, 3.8) is 0 Å². The number of hydrogen-bond acceptors (Lipinski definition) is 5. The molecule has 3 rings (SSSR count). The third-order valence-corrected chi connectivity index (χ3v) is 3.93. The first kappa shape index (κ1) is 18.6. The van der Waals surface area contributed by atoms with Gasteiger partial charge in [0.15, 0.2) is 0 Å². The van der Waals surface area contributed by atoms with Gasteiger partial charge in [-0.25, -0.2) is 14.4 Å². The number of halogens is 2. The van der Waals surface area contributed by atoms with Gasteiger partial charge in [-0.2, -0.15) is 0 Å². The SMILES string of the molecule is COc1ccc(Cl)cc1Nc1nccc(C(=O)NCc2ccccc2F)n1. The lowest BCUT2D eigenvalue weighted by atomic mass is 10.2. The Morgan fingerprint density at radius 2 is 2.04 bits per heavy atom. The molecule has 2 aromatic carbocycles. The topological polar surface area (TPSA) is 76.1 Å². The molecule has 0 saturated carbocycles. The molecule has 27 heavy (non-hydrogen) atoms. The molecule has 0 aliphatic carbocycles. The number of anilines is 2. The number of nitrogens with zero attached hydrogens (tertiary/aromatic N) is 2. The second kappa shape index (κ2) is 8.46. The van der Waals surface area contributed by atoms with E-state index in [0.29, 0.717) is 22.0 Å². The third-order valence-electron chi connectivity index (χ3n) is 3.69. The highest BCUT2D eigenvalue weighted by atomic mass is 35.5. The zero-order valence-corrected chi connectivity index (χ0v) is 15.1. The molecule has 0 spiro atoms. The molecule has 1 amide bonds. The number of hydrogen-bond donors (Lipinski definition) is 2. The Balaban J connectivity index is 1.73. The molecule has 8 heteroatoms. The van der Waals surface area contributed by atoms with Gasteiger partial charge in [0.25, 0.3) is 5.91 Å². The highest BCUT2D eigenvalue weighted by Crippen LogP contribution is 2.29. The second-order valence-corrected chi connectivity index (χ2v) is 5.95. The average molecular weight is 387 g/mol. The number of methoxy groups -OCH3 is 1. The molecule has 0 saturated heterocycles. The molecule has 1 heterocycles. The van der Waals surface area contributed by atoms with Crippen LogP contribution in [0.2, 0.25) is 5.02 Å². The zero-order chi connectivity index (χ0) is 19.2. The third kappa shape index (κ3) is 4.71. The van der Waals surface area contributed by atoms with Crippen LogP contribution in [0.1, 0.15) is 16.1 Å². The van der Waals surface area contributed by atoms with Gasteiger partial charge in [0, 0.05) is 23.3 Å². The molecular formula is C19H16ClFN4O2. The number of amides is 1. The Bertz CT molecular complexity index is 968. The number of carbonyl (C=O) groups excluding carboxylic acids is 1. The molecule has 0 atom stereocenters. The van der Waals surface area contributed by atoms with E-state index in [-0.39, 0.29) is 24.0 Å². The fraction of sp³-hybridized carbons (Fsp3) is 0.105. The molecule has 0 bridgehead atoms. The van der Waals surface area contributed by atoms with Crippen molar-refractivity contribution in [2.45, 2.75) is 6.54 Å². The lowest BCUT2D eigenvalue weighted by Crippen LogP contribution is -2.24. The van der Waals surface area contributed by atoms with Gasteiger partial charge in [-0.15, -0.1) is 0 Å². The minimum Gasteiger partial charge on any atom is -0.495 e. The van der Waals surface area contributed by atoms with Gasteiger partial charge in [0.1, 0.15) is 17.3 Å². The fourth-order valence-electron chi connectivity index (χ4n) is 2.35. The Labute approximate surface area is 160 Å². The van der Waals surface area contributed by atoms with E-state index in [1.54, 1.807) is 36.4 Å². The summed E-state index contributed by atoms with van der Waals surface area (Å²) in [6.45, 7) is 0.0559. The van der Waals surface area contributed by atoms with Crippen LogP contribution in [-0.4, -0.2) is 23.0 Å². The minimum atomic E-state index is -0.443. The molecule has 0 aliphatic rings. The summed E-state index contributed by atoms with van der Waals surface area (Å²) in [6, 6.07) is 12.8. The summed E-state index contributed by atoms with van der Waals surface area (Å²) >= 11 is 6.00. The zero-order valence-electron chi connectivity index (χ0n) is 14.4. The van der Waals surface area contributed by atoms with Crippen molar-refractivity contribution in [1.29, 1.82) is 0 Å². The highest BCUT2D eigenvalue weighted by molar-refractivity contribution is 6.31. The van der Waals surface area contributed by atoms with E-state index in [9.17, 15) is 9.18 Å². The lowest BCUT2D eigenvalue weighted by molar-refractivity contribution is 0.0945. The maximum Gasteiger partial charge on any atom is 0.270 e. The number of nitrogens with one attached hydrogen (secondary N) is 2. The van der Waals surface area contributed by atoms with Gasteiger partial charge < -0.3 is 15.4 Å². The van der Waals surface area contributed by atoms with Crippen LogP contribution in [0.4, 0.5) is 16.0 Å². The molecular weight excluding hydrogens is 371 g/mol. The average Bonchev–Trinajstić information content (AvgIpc) is 2.67. The van der Waals surface area contributed by atoms with Gasteiger partial charge in [0.2, 0.25) is 5.95 Å². The van der Waals surface area contributed by atoms with Gasteiger partial charge in [-0.1, -0.05) is 29.8 Å². The van der Waals surface area contributed by atoms with E-state index < -0.39 is 5.91 Å². The monoisotopic (exact) mass is 386 g/mol. The summed E-state index contributed by atoms with van der Waals surface area (Å²) < 4.78 is 18.9. The number of carbonyl (C=O) groups is 1. The maximum atomic E-state index is 13.6. The molecule has 3 aromatic rings. The summed E-state index contributed by atoms with van der Waals surface area (Å²) in [7, 11) is 1.53. The minimum absolute atomic E-state index is 0.0559. The quantitative estimate of drug-likeness (QED) is 0.670. The van der Waals surface area contributed by atoms with Crippen LogP contribution in [0.25, 0.3) is 0 Å². The second-order valence-electron chi connectivity index (χ2n) is 5.51. The van der Waals surface area contributed by atoms with Crippen LogP contribution in [0.5, 0.6) is 5.75 Å². The fourth-order valence-corrected chi connectivity index (χ4v) is 2.52. The van der Waals surface area contributed by atoms with Crippen molar-refractivity contribution >= 4 is 29.1 Å². The van der Waals surface area contributed by atoms with Crippen LogP contribution in [0.3, 0.4) is 0 Å². The van der Waals surface area contributed by atoms with Crippen molar-refractivity contribution < 1.29 is 13.9 Å². The smallest absolute Gasteiger partial charge is 0.270 e. The van der Waals surface area contributed by atoms with Gasteiger partial charge in [-0.05, 0) is 30.3 Å². The maximum absolute atomic E-state index is 13.6. The molecule has 6 nitrogen and oxygen atoms in total. The molecule has 0 fully saturated rings. The van der Waals surface area contributed by atoms with E-state index >= 15 is 0 Å². The van der Waals surface area contributed by atoms with Crippen LogP contribution < -0.4 is 15.4 Å². The number of aromatic nitrogens is 2. The van der Waals surface area contributed by atoms with Crippen molar-refractivity contribution in [3.05, 3.63) is 76.8 Å². The summed E-state index contributed by atoms with van der Waals surface area (Å²) in [6.07, 6.45) is 1.45. The first-order valence-corrected chi connectivity index (χ1v) is 8.40. The van der Waals surface area contributed by atoms with Crippen LogP contribution in [-0.2, 0) is 6.54 Å². The van der Waals surface area contributed by atoms with Gasteiger partial charge >= 0.3 is 0 Å². The lowest BCUT2D eigenvalue weighted by Gasteiger charge is -2.11. The molecule has 0 radical (unpaired) electrons. The normalized spacial score (nSPS) is 10.3. The van der Waals surface area contributed by atoms with Crippen LogP contribution in [0, 0.1) is 5.82 Å². The Morgan fingerprint density at radius 1 is 1.22 bits per heavy atom. The summed E-state index contributed by atoms with van der Waals surface area (Å²) in [4.78, 5) is 20.6.